The van der Waals surface area contributed by atoms with E-state index in [2.05, 4.69) is 23.8 Å². The average Bonchev–Trinajstić information content (AvgIpc) is 2.12. The number of hydrogen-bond donors (Lipinski definition) is 1. The van der Waals surface area contributed by atoms with E-state index in [0.29, 0.717) is 12.6 Å². The van der Waals surface area contributed by atoms with Crippen LogP contribution in [0.25, 0.3) is 0 Å². The first-order chi connectivity index (χ1) is 6.27. The Labute approximate surface area is 81.3 Å². The summed E-state index contributed by atoms with van der Waals surface area (Å²) in [7, 11) is 2.16. The van der Waals surface area contributed by atoms with Crippen molar-refractivity contribution in [1.29, 1.82) is 0 Å². The molecule has 1 rings (SSSR count). The zero-order valence-corrected chi connectivity index (χ0v) is 8.87. The fourth-order valence-electron chi connectivity index (χ4n) is 1.99. The van der Waals surface area contributed by atoms with Crippen molar-refractivity contribution in [2.45, 2.75) is 25.8 Å². The number of rotatable bonds is 4. The number of likely N-dealkylation sites (N-methyl/N-ethyl adjacent to an activating group) is 1. The van der Waals surface area contributed by atoms with Crippen molar-refractivity contribution in [3.05, 3.63) is 0 Å². The van der Waals surface area contributed by atoms with Crippen LogP contribution < -0.4 is 0 Å². The average molecular weight is 186 g/mol. The minimum atomic E-state index is 0.314. The van der Waals surface area contributed by atoms with Gasteiger partial charge in [0.15, 0.2) is 0 Å². The van der Waals surface area contributed by atoms with E-state index in [9.17, 15) is 0 Å². The molecule has 1 aliphatic heterocycles. The SMILES string of the molecule is CCCN1CCN(C)C(CCO)C1. The van der Waals surface area contributed by atoms with Crippen molar-refractivity contribution in [2.75, 3.05) is 39.8 Å². The Morgan fingerprint density at radius 1 is 1.38 bits per heavy atom. The molecule has 1 fully saturated rings. The highest BCUT2D eigenvalue weighted by Crippen LogP contribution is 2.10. The lowest BCUT2D eigenvalue weighted by molar-refractivity contribution is 0.0787. The summed E-state index contributed by atoms with van der Waals surface area (Å²) in [5.41, 5.74) is 0. The molecule has 1 aliphatic rings. The second kappa shape index (κ2) is 5.58. The maximum atomic E-state index is 8.91. The van der Waals surface area contributed by atoms with Crippen molar-refractivity contribution in [1.82, 2.24) is 9.80 Å². The van der Waals surface area contributed by atoms with Crippen LogP contribution in [0.15, 0.2) is 0 Å². The second-order valence-electron chi connectivity index (χ2n) is 3.95. The third-order valence-electron chi connectivity index (χ3n) is 2.86. The number of piperazine rings is 1. The molecule has 0 saturated carbocycles. The summed E-state index contributed by atoms with van der Waals surface area (Å²) in [4.78, 5) is 4.86. The van der Waals surface area contributed by atoms with Crippen LogP contribution in [0.2, 0.25) is 0 Å². The Bertz CT molecular complexity index is 141. The van der Waals surface area contributed by atoms with Gasteiger partial charge in [0, 0.05) is 32.3 Å². The zero-order chi connectivity index (χ0) is 9.68. The van der Waals surface area contributed by atoms with Crippen LogP contribution in [0.1, 0.15) is 19.8 Å². The van der Waals surface area contributed by atoms with Crippen molar-refractivity contribution >= 4 is 0 Å². The van der Waals surface area contributed by atoms with Crippen LogP contribution in [0.3, 0.4) is 0 Å². The topological polar surface area (TPSA) is 26.7 Å². The first kappa shape index (κ1) is 11.0. The first-order valence-corrected chi connectivity index (χ1v) is 5.31. The molecule has 0 radical (unpaired) electrons. The van der Waals surface area contributed by atoms with E-state index in [0.717, 1.165) is 19.5 Å². The first-order valence-electron chi connectivity index (χ1n) is 5.31. The maximum Gasteiger partial charge on any atom is 0.0446 e. The van der Waals surface area contributed by atoms with Gasteiger partial charge in [0.2, 0.25) is 0 Å². The normalized spacial score (nSPS) is 26.5. The predicted molar refractivity (Wildman–Crippen MR) is 54.9 cm³/mol. The van der Waals surface area contributed by atoms with Gasteiger partial charge in [-0.25, -0.2) is 0 Å². The van der Waals surface area contributed by atoms with Gasteiger partial charge >= 0.3 is 0 Å². The molecular formula is C10H22N2O. The molecule has 0 aromatic carbocycles. The third-order valence-corrected chi connectivity index (χ3v) is 2.86. The summed E-state index contributed by atoms with van der Waals surface area (Å²) < 4.78 is 0. The van der Waals surface area contributed by atoms with Gasteiger partial charge in [-0.05, 0) is 26.4 Å². The van der Waals surface area contributed by atoms with Gasteiger partial charge in [-0.1, -0.05) is 6.92 Å². The van der Waals surface area contributed by atoms with Gasteiger partial charge < -0.3 is 14.9 Å². The minimum Gasteiger partial charge on any atom is -0.396 e. The molecule has 1 heterocycles. The minimum absolute atomic E-state index is 0.314. The fourth-order valence-corrected chi connectivity index (χ4v) is 1.99. The van der Waals surface area contributed by atoms with Crippen molar-refractivity contribution < 1.29 is 5.11 Å². The standard InChI is InChI=1S/C10H22N2O/c1-3-5-12-7-6-11(2)10(9-12)4-8-13/h10,13H,3-9H2,1-2H3. The molecule has 0 bridgehead atoms. The quantitative estimate of drug-likeness (QED) is 0.688. The lowest BCUT2D eigenvalue weighted by Gasteiger charge is -2.39. The molecular weight excluding hydrogens is 164 g/mol. The van der Waals surface area contributed by atoms with Gasteiger partial charge in [0.25, 0.3) is 0 Å². The van der Waals surface area contributed by atoms with E-state index >= 15 is 0 Å². The molecule has 78 valence electrons. The molecule has 0 spiro atoms. The van der Waals surface area contributed by atoms with E-state index in [1.807, 2.05) is 0 Å². The number of aliphatic hydroxyl groups excluding tert-OH is 1. The summed E-state index contributed by atoms with van der Waals surface area (Å²) in [5, 5.41) is 8.91. The zero-order valence-electron chi connectivity index (χ0n) is 8.87. The summed E-state index contributed by atoms with van der Waals surface area (Å²) in [6, 6.07) is 0.560. The Morgan fingerprint density at radius 2 is 2.15 bits per heavy atom. The molecule has 3 nitrogen and oxygen atoms in total. The van der Waals surface area contributed by atoms with Crippen LogP contribution >= 0.6 is 0 Å². The molecule has 0 aromatic heterocycles. The maximum absolute atomic E-state index is 8.91. The highest BCUT2D eigenvalue weighted by atomic mass is 16.3. The highest BCUT2D eigenvalue weighted by molar-refractivity contribution is 4.79. The number of aliphatic hydroxyl groups is 1. The molecule has 3 heteroatoms. The molecule has 1 N–H and O–H groups in total. The van der Waals surface area contributed by atoms with Gasteiger partial charge in [-0.15, -0.1) is 0 Å². The van der Waals surface area contributed by atoms with Gasteiger partial charge in [0.05, 0.1) is 0 Å². The smallest absolute Gasteiger partial charge is 0.0446 e. The van der Waals surface area contributed by atoms with Crippen LogP contribution in [0.4, 0.5) is 0 Å². The van der Waals surface area contributed by atoms with Gasteiger partial charge in [0.1, 0.15) is 0 Å². The molecule has 13 heavy (non-hydrogen) atoms. The van der Waals surface area contributed by atoms with Crippen molar-refractivity contribution in [3.8, 4) is 0 Å². The Kier molecular flexibility index (Phi) is 4.70. The van der Waals surface area contributed by atoms with Crippen LogP contribution in [-0.4, -0.2) is 60.8 Å². The van der Waals surface area contributed by atoms with Gasteiger partial charge in [-0.2, -0.15) is 0 Å². The monoisotopic (exact) mass is 186 g/mol. The largest absolute Gasteiger partial charge is 0.396 e. The Hall–Kier alpha value is -0.120. The highest BCUT2D eigenvalue weighted by Gasteiger charge is 2.22. The molecule has 0 aliphatic carbocycles. The van der Waals surface area contributed by atoms with Crippen LogP contribution in [-0.2, 0) is 0 Å². The fraction of sp³-hybridized carbons (Fsp3) is 1.00. The number of nitrogens with zero attached hydrogens (tertiary/aromatic N) is 2. The van der Waals surface area contributed by atoms with E-state index in [1.165, 1.54) is 19.5 Å². The van der Waals surface area contributed by atoms with E-state index in [1.54, 1.807) is 0 Å². The Balaban J connectivity index is 2.33. The van der Waals surface area contributed by atoms with E-state index < -0.39 is 0 Å². The summed E-state index contributed by atoms with van der Waals surface area (Å²) in [6.45, 7) is 7.20. The predicted octanol–water partition coefficient (Wildman–Crippen LogP) is 0.395. The van der Waals surface area contributed by atoms with Crippen molar-refractivity contribution in [2.24, 2.45) is 0 Å². The van der Waals surface area contributed by atoms with Crippen LogP contribution in [0, 0.1) is 0 Å². The molecule has 0 aromatic rings. The summed E-state index contributed by atoms with van der Waals surface area (Å²) >= 11 is 0. The van der Waals surface area contributed by atoms with E-state index in [4.69, 9.17) is 5.11 Å². The van der Waals surface area contributed by atoms with Crippen LogP contribution in [0.5, 0.6) is 0 Å². The van der Waals surface area contributed by atoms with Crippen molar-refractivity contribution in [3.63, 3.8) is 0 Å². The third kappa shape index (κ3) is 3.25. The second-order valence-corrected chi connectivity index (χ2v) is 3.95. The summed E-state index contributed by atoms with van der Waals surface area (Å²) in [5.74, 6) is 0. The molecule has 1 saturated heterocycles. The number of hydrogen-bond acceptors (Lipinski definition) is 3. The lowest BCUT2D eigenvalue weighted by atomic mass is 10.1. The molecule has 0 amide bonds. The lowest BCUT2D eigenvalue weighted by Crippen LogP contribution is -2.51. The molecule has 1 unspecified atom stereocenters. The summed E-state index contributed by atoms with van der Waals surface area (Å²) in [6.07, 6.45) is 2.15. The Morgan fingerprint density at radius 3 is 2.77 bits per heavy atom. The molecule has 1 atom stereocenters. The van der Waals surface area contributed by atoms with E-state index in [-0.39, 0.29) is 0 Å². The van der Waals surface area contributed by atoms with Gasteiger partial charge in [-0.3, -0.25) is 0 Å².